The van der Waals surface area contributed by atoms with E-state index >= 15 is 0 Å². The molecule has 90 valence electrons. The van der Waals surface area contributed by atoms with Crippen molar-refractivity contribution in [3.8, 4) is 0 Å². The van der Waals surface area contributed by atoms with Crippen LogP contribution in [0.2, 0.25) is 0 Å². The molecule has 0 atom stereocenters. The predicted molar refractivity (Wildman–Crippen MR) is 67.4 cm³/mol. The molecule has 3 heteroatoms. The molecular formula is C13H23N3. The highest BCUT2D eigenvalue weighted by molar-refractivity contribution is 5.40. The van der Waals surface area contributed by atoms with Crippen molar-refractivity contribution in [2.45, 2.75) is 57.8 Å². The molecule has 1 aromatic heterocycles. The topological polar surface area (TPSA) is 43.8 Å². The summed E-state index contributed by atoms with van der Waals surface area (Å²) in [5, 5.41) is 0. The first kappa shape index (κ1) is 11.5. The fraction of sp³-hybridized carbons (Fsp3) is 0.769. The third kappa shape index (κ3) is 2.08. The Kier molecular flexibility index (Phi) is 3.52. The van der Waals surface area contributed by atoms with Crippen molar-refractivity contribution >= 4 is 5.82 Å². The van der Waals surface area contributed by atoms with E-state index in [2.05, 4.69) is 11.5 Å². The lowest BCUT2D eigenvalue weighted by atomic mass is 9.87. The van der Waals surface area contributed by atoms with Crippen LogP contribution < -0.4 is 5.73 Å². The molecule has 1 aliphatic rings. The quantitative estimate of drug-likeness (QED) is 0.852. The summed E-state index contributed by atoms with van der Waals surface area (Å²) >= 11 is 0. The van der Waals surface area contributed by atoms with Gasteiger partial charge in [0.1, 0.15) is 11.6 Å². The summed E-state index contributed by atoms with van der Waals surface area (Å²) in [6.07, 6.45) is 8.76. The summed E-state index contributed by atoms with van der Waals surface area (Å²) < 4.78 is 2.08. The number of aryl methyl sites for hydroxylation is 1. The third-order valence-electron chi connectivity index (χ3n) is 3.73. The Bertz CT molecular complexity index is 348. The summed E-state index contributed by atoms with van der Waals surface area (Å²) in [5.74, 6) is 2.67. The Hall–Kier alpha value is -0.990. The molecule has 1 aliphatic carbocycles. The molecule has 2 rings (SSSR count). The van der Waals surface area contributed by atoms with Gasteiger partial charge in [0.15, 0.2) is 0 Å². The Balaban J connectivity index is 2.22. The summed E-state index contributed by atoms with van der Waals surface area (Å²) in [6, 6.07) is 0. The number of imidazole rings is 1. The van der Waals surface area contributed by atoms with Crippen LogP contribution in [0.5, 0.6) is 0 Å². The molecule has 0 amide bonds. The van der Waals surface area contributed by atoms with Gasteiger partial charge in [0.05, 0.1) is 5.69 Å². The van der Waals surface area contributed by atoms with Gasteiger partial charge in [-0.15, -0.1) is 0 Å². The number of hydrogen-bond donors (Lipinski definition) is 1. The first-order valence-corrected chi connectivity index (χ1v) is 6.55. The van der Waals surface area contributed by atoms with Crippen molar-refractivity contribution in [1.82, 2.24) is 9.55 Å². The van der Waals surface area contributed by atoms with Gasteiger partial charge >= 0.3 is 0 Å². The molecule has 0 saturated heterocycles. The van der Waals surface area contributed by atoms with Gasteiger partial charge in [-0.25, -0.2) is 4.98 Å². The molecule has 0 radical (unpaired) electrons. The van der Waals surface area contributed by atoms with Crippen LogP contribution in [0.25, 0.3) is 0 Å². The van der Waals surface area contributed by atoms with Gasteiger partial charge in [-0.2, -0.15) is 0 Å². The van der Waals surface area contributed by atoms with E-state index in [1.54, 1.807) is 0 Å². The number of aromatic nitrogens is 2. The van der Waals surface area contributed by atoms with Gasteiger partial charge in [0, 0.05) is 19.4 Å². The molecule has 16 heavy (non-hydrogen) atoms. The average Bonchev–Trinajstić information content (AvgIpc) is 2.59. The van der Waals surface area contributed by atoms with Crippen molar-refractivity contribution < 1.29 is 0 Å². The largest absolute Gasteiger partial charge is 0.384 e. The molecule has 1 fully saturated rings. The molecular weight excluding hydrogens is 198 g/mol. The van der Waals surface area contributed by atoms with Gasteiger partial charge in [0.25, 0.3) is 0 Å². The van der Waals surface area contributed by atoms with Crippen LogP contribution in [0, 0.1) is 0 Å². The van der Waals surface area contributed by atoms with Crippen LogP contribution in [0.3, 0.4) is 0 Å². The maximum atomic E-state index is 6.16. The van der Waals surface area contributed by atoms with E-state index in [0.29, 0.717) is 5.92 Å². The normalized spacial score (nSPS) is 17.9. The zero-order valence-electron chi connectivity index (χ0n) is 10.5. The van der Waals surface area contributed by atoms with Crippen LogP contribution in [0.15, 0.2) is 0 Å². The highest BCUT2D eigenvalue weighted by Crippen LogP contribution is 2.35. The number of hydrogen-bond acceptors (Lipinski definition) is 2. The van der Waals surface area contributed by atoms with Crippen molar-refractivity contribution in [3.63, 3.8) is 0 Å². The minimum absolute atomic E-state index is 0.616. The molecule has 0 aromatic carbocycles. The number of nitrogens with two attached hydrogens (primary N) is 1. The predicted octanol–water partition coefficient (Wildman–Crippen LogP) is 3.00. The molecule has 3 nitrogen and oxygen atoms in total. The Labute approximate surface area is 98.1 Å². The van der Waals surface area contributed by atoms with Crippen molar-refractivity contribution in [2.24, 2.45) is 7.05 Å². The van der Waals surface area contributed by atoms with Crippen LogP contribution in [0.4, 0.5) is 5.82 Å². The fourth-order valence-electron chi connectivity index (χ4n) is 2.71. The molecule has 1 saturated carbocycles. The number of anilines is 1. The second kappa shape index (κ2) is 4.89. The maximum absolute atomic E-state index is 6.16. The highest BCUT2D eigenvalue weighted by atomic mass is 15.1. The second-order valence-electron chi connectivity index (χ2n) is 4.94. The Morgan fingerprint density at radius 2 is 2.00 bits per heavy atom. The van der Waals surface area contributed by atoms with Gasteiger partial charge in [-0.05, 0) is 19.3 Å². The van der Waals surface area contributed by atoms with Gasteiger partial charge in [-0.3, -0.25) is 0 Å². The van der Waals surface area contributed by atoms with E-state index in [1.807, 2.05) is 7.05 Å². The monoisotopic (exact) mass is 221 g/mol. The molecule has 0 bridgehead atoms. The summed E-state index contributed by atoms with van der Waals surface area (Å²) in [6.45, 7) is 2.19. The van der Waals surface area contributed by atoms with Gasteiger partial charge in [0.2, 0.25) is 0 Å². The van der Waals surface area contributed by atoms with Crippen LogP contribution in [-0.4, -0.2) is 9.55 Å². The lowest BCUT2D eigenvalue weighted by molar-refractivity contribution is 0.438. The smallest absolute Gasteiger partial charge is 0.126 e. The van der Waals surface area contributed by atoms with Crippen molar-refractivity contribution in [1.29, 1.82) is 0 Å². The van der Waals surface area contributed by atoms with E-state index in [4.69, 9.17) is 10.7 Å². The molecule has 2 N–H and O–H groups in total. The standard InChI is InChI=1S/C13H23N3/c1-3-7-11-15-12(13(14)16(11)2)10-8-5-4-6-9-10/h10H,3-9,14H2,1-2H3. The van der Waals surface area contributed by atoms with Gasteiger partial charge < -0.3 is 10.3 Å². The molecule has 0 spiro atoms. The lowest BCUT2D eigenvalue weighted by Gasteiger charge is -2.20. The lowest BCUT2D eigenvalue weighted by Crippen LogP contribution is -2.08. The van der Waals surface area contributed by atoms with Crippen molar-refractivity contribution in [3.05, 3.63) is 11.5 Å². The third-order valence-corrected chi connectivity index (χ3v) is 3.73. The average molecular weight is 221 g/mol. The first-order valence-electron chi connectivity index (χ1n) is 6.55. The Morgan fingerprint density at radius 1 is 1.31 bits per heavy atom. The van der Waals surface area contributed by atoms with Crippen LogP contribution in [-0.2, 0) is 13.5 Å². The van der Waals surface area contributed by atoms with E-state index in [0.717, 1.165) is 24.5 Å². The van der Waals surface area contributed by atoms with E-state index in [-0.39, 0.29) is 0 Å². The van der Waals surface area contributed by atoms with Crippen LogP contribution >= 0.6 is 0 Å². The zero-order chi connectivity index (χ0) is 11.5. The summed E-state index contributed by atoms with van der Waals surface area (Å²) in [5.41, 5.74) is 7.34. The summed E-state index contributed by atoms with van der Waals surface area (Å²) in [4.78, 5) is 4.76. The van der Waals surface area contributed by atoms with Crippen LogP contribution in [0.1, 0.15) is 62.9 Å². The van der Waals surface area contributed by atoms with E-state index in [1.165, 1.54) is 37.8 Å². The fourth-order valence-corrected chi connectivity index (χ4v) is 2.71. The highest BCUT2D eigenvalue weighted by Gasteiger charge is 2.22. The molecule has 0 aliphatic heterocycles. The number of nitrogen functional groups attached to an aromatic ring is 1. The maximum Gasteiger partial charge on any atom is 0.126 e. The minimum Gasteiger partial charge on any atom is -0.384 e. The molecule has 1 heterocycles. The number of nitrogens with zero attached hydrogens (tertiary/aromatic N) is 2. The van der Waals surface area contributed by atoms with Gasteiger partial charge in [-0.1, -0.05) is 26.2 Å². The molecule has 1 aromatic rings. The summed E-state index contributed by atoms with van der Waals surface area (Å²) in [7, 11) is 2.04. The zero-order valence-corrected chi connectivity index (χ0v) is 10.5. The SMILES string of the molecule is CCCc1nc(C2CCCCC2)c(N)n1C. The van der Waals surface area contributed by atoms with E-state index < -0.39 is 0 Å². The Morgan fingerprint density at radius 3 is 2.62 bits per heavy atom. The van der Waals surface area contributed by atoms with E-state index in [9.17, 15) is 0 Å². The number of rotatable bonds is 3. The molecule has 0 unspecified atom stereocenters. The van der Waals surface area contributed by atoms with Crippen molar-refractivity contribution in [2.75, 3.05) is 5.73 Å². The first-order chi connectivity index (χ1) is 7.74. The second-order valence-corrected chi connectivity index (χ2v) is 4.94. The minimum atomic E-state index is 0.616.